The first-order valence-electron chi connectivity index (χ1n) is 4.41. The Morgan fingerprint density at radius 1 is 1.56 bits per heavy atom. The molecule has 0 aliphatic rings. The summed E-state index contributed by atoms with van der Waals surface area (Å²) in [5.41, 5.74) is 5.66. The van der Waals surface area contributed by atoms with E-state index in [1.807, 2.05) is 0 Å². The van der Waals surface area contributed by atoms with Crippen LogP contribution in [0.5, 0.6) is 0 Å². The minimum absolute atomic E-state index is 0.0664. The summed E-state index contributed by atoms with van der Waals surface area (Å²) in [6.45, 7) is 1.55. The molecule has 3 N–H and O–H groups in total. The fourth-order valence-electron chi connectivity index (χ4n) is 1.13. The van der Waals surface area contributed by atoms with Crippen molar-refractivity contribution in [1.29, 1.82) is 0 Å². The molecule has 0 aliphatic carbocycles. The van der Waals surface area contributed by atoms with Crippen LogP contribution in [0, 0.1) is 12.3 Å². The maximum absolute atomic E-state index is 11.9. The molecule has 0 fully saturated rings. The van der Waals surface area contributed by atoms with Gasteiger partial charge in [-0.1, -0.05) is 23.6 Å². The van der Waals surface area contributed by atoms with Gasteiger partial charge in [0.1, 0.15) is 4.90 Å². The number of benzene rings is 1. The molecule has 0 bridgehead atoms. The molecule has 1 rings (SSSR count). The van der Waals surface area contributed by atoms with Gasteiger partial charge >= 0.3 is 0 Å². The van der Waals surface area contributed by atoms with Crippen molar-refractivity contribution < 1.29 is 8.42 Å². The Balaban J connectivity index is 3.24. The van der Waals surface area contributed by atoms with E-state index >= 15 is 0 Å². The Labute approximate surface area is 99.8 Å². The fraction of sp³-hybridized carbons (Fsp3) is 0.200. The van der Waals surface area contributed by atoms with E-state index in [0.29, 0.717) is 0 Å². The van der Waals surface area contributed by atoms with Crippen molar-refractivity contribution >= 4 is 27.3 Å². The lowest BCUT2D eigenvalue weighted by atomic mass is 10.3. The fourth-order valence-corrected chi connectivity index (χ4v) is 2.98. The zero-order chi connectivity index (χ0) is 12.3. The first-order chi connectivity index (χ1) is 7.38. The summed E-state index contributed by atoms with van der Waals surface area (Å²) in [5, 5.41) is 0.0664. The highest BCUT2D eigenvalue weighted by molar-refractivity contribution is 7.89. The third-order valence-corrected chi connectivity index (χ3v) is 3.93. The Hall–Kier alpha value is -1.22. The molecule has 0 saturated heterocycles. The average molecular weight is 259 g/mol. The van der Waals surface area contributed by atoms with Crippen LogP contribution in [0.2, 0.25) is 5.02 Å². The van der Waals surface area contributed by atoms with E-state index in [0.717, 1.165) is 0 Å². The molecule has 1 atom stereocenters. The van der Waals surface area contributed by atoms with Gasteiger partial charge in [0.2, 0.25) is 10.0 Å². The van der Waals surface area contributed by atoms with Gasteiger partial charge in [-0.25, -0.2) is 8.42 Å². The van der Waals surface area contributed by atoms with Crippen molar-refractivity contribution in [2.45, 2.75) is 17.9 Å². The van der Waals surface area contributed by atoms with E-state index in [4.69, 9.17) is 23.8 Å². The zero-order valence-corrected chi connectivity index (χ0v) is 10.1. The number of nitrogen functional groups attached to an aromatic ring is 1. The molecular weight excluding hydrogens is 248 g/mol. The molecule has 0 aliphatic heterocycles. The lowest BCUT2D eigenvalue weighted by Crippen LogP contribution is -2.32. The molecule has 0 spiro atoms. The predicted octanol–water partition coefficient (Wildman–Crippen LogP) is 1.22. The molecule has 16 heavy (non-hydrogen) atoms. The zero-order valence-electron chi connectivity index (χ0n) is 8.57. The topological polar surface area (TPSA) is 72.2 Å². The summed E-state index contributed by atoms with van der Waals surface area (Å²) in [4.78, 5) is -0.140. The second kappa shape index (κ2) is 4.74. The summed E-state index contributed by atoms with van der Waals surface area (Å²) in [6, 6.07) is 3.86. The van der Waals surface area contributed by atoms with Gasteiger partial charge in [0.05, 0.1) is 16.8 Å². The highest BCUT2D eigenvalue weighted by Gasteiger charge is 2.22. The molecule has 0 radical (unpaired) electrons. The monoisotopic (exact) mass is 258 g/mol. The van der Waals surface area contributed by atoms with Gasteiger partial charge in [-0.05, 0) is 19.1 Å². The first kappa shape index (κ1) is 12.8. The smallest absolute Gasteiger partial charge is 0.245 e. The van der Waals surface area contributed by atoms with Crippen molar-refractivity contribution in [2.24, 2.45) is 0 Å². The predicted molar refractivity (Wildman–Crippen MR) is 64.5 cm³/mol. The van der Waals surface area contributed by atoms with Gasteiger partial charge in [0.15, 0.2) is 0 Å². The van der Waals surface area contributed by atoms with E-state index in [9.17, 15) is 8.42 Å². The van der Waals surface area contributed by atoms with Gasteiger partial charge in [0, 0.05) is 0 Å². The van der Waals surface area contributed by atoms with Crippen molar-refractivity contribution in [3.05, 3.63) is 23.2 Å². The van der Waals surface area contributed by atoms with E-state index in [-0.39, 0.29) is 15.6 Å². The molecule has 1 aromatic carbocycles. The minimum atomic E-state index is -3.78. The number of anilines is 1. The molecule has 86 valence electrons. The Morgan fingerprint density at radius 2 is 2.19 bits per heavy atom. The molecule has 4 nitrogen and oxygen atoms in total. The minimum Gasteiger partial charge on any atom is -0.398 e. The lowest BCUT2D eigenvalue weighted by Gasteiger charge is -2.12. The van der Waals surface area contributed by atoms with Crippen LogP contribution in [0.3, 0.4) is 0 Å². The van der Waals surface area contributed by atoms with Crippen molar-refractivity contribution in [3.8, 4) is 12.3 Å². The maximum atomic E-state index is 11.9. The molecule has 1 unspecified atom stereocenters. The SMILES string of the molecule is C#CC(C)NS(=O)(=O)c1c(N)cccc1Cl. The summed E-state index contributed by atoms with van der Waals surface area (Å²) in [5.74, 6) is 2.26. The Kier molecular flexibility index (Phi) is 3.81. The van der Waals surface area contributed by atoms with Crippen LogP contribution in [0.1, 0.15) is 6.92 Å². The number of halogens is 1. The average Bonchev–Trinajstić information content (AvgIpc) is 2.16. The van der Waals surface area contributed by atoms with Crippen molar-refractivity contribution in [3.63, 3.8) is 0 Å². The lowest BCUT2D eigenvalue weighted by molar-refractivity contribution is 0.578. The molecule has 0 amide bonds. The molecule has 0 heterocycles. The largest absolute Gasteiger partial charge is 0.398 e. The Morgan fingerprint density at radius 3 is 2.69 bits per heavy atom. The van der Waals surface area contributed by atoms with Crippen LogP contribution in [0.15, 0.2) is 23.1 Å². The number of sulfonamides is 1. The van der Waals surface area contributed by atoms with Crippen molar-refractivity contribution in [1.82, 2.24) is 4.72 Å². The molecule has 0 aromatic heterocycles. The normalized spacial score (nSPS) is 13.1. The van der Waals surface area contributed by atoms with E-state index < -0.39 is 16.1 Å². The number of nitrogens with two attached hydrogens (primary N) is 1. The standard InChI is InChI=1S/C10H11ClN2O2S/c1-3-7(2)13-16(14,15)10-8(11)5-4-6-9(10)12/h1,4-7,13H,12H2,2H3. The van der Waals surface area contributed by atoms with E-state index in [1.54, 1.807) is 13.0 Å². The Bertz CT molecular complexity index is 514. The van der Waals surface area contributed by atoms with Crippen LogP contribution in [0.4, 0.5) is 5.69 Å². The van der Waals surface area contributed by atoms with Crippen LogP contribution in [0.25, 0.3) is 0 Å². The van der Waals surface area contributed by atoms with Crippen LogP contribution < -0.4 is 10.5 Å². The second-order valence-corrected chi connectivity index (χ2v) is 5.23. The maximum Gasteiger partial charge on any atom is 0.245 e. The molecule has 1 aromatic rings. The summed E-state index contributed by atoms with van der Waals surface area (Å²) >= 11 is 5.79. The van der Waals surface area contributed by atoms with E-state index in [2.05, 4.69) is 10.6 Å². The van der Waals surface area contributed by atoms with Gasteiger partial charge in [-0.15, -0.1) is 6.42 Å². The third-order valence-electron chi connectivity index (χ3n) is 1.85. The third kappa shape index (κ3) is 2.67. The van der Waals surface area contributed by atoms with E-state index in [1.165, 1.54) is 12.1 Å². The van der Waals surface area contributed by atoms with Gasteiger partial charge < -0.3 is 5.73 Å². The number of hydrogen-bond donors (Lipinski definition) is 2. The van der Waals surface area contributed by atoms with Crippen molar-refractivity contribution in [2.75, 3.05) is 5.73 Å². The highest BCUT2D eigenvalue weighted by atomic mass is 35.5. The second-order valence-electron chi connectivity index (χ2n) is 3.17. The molecule has 0 saturated carbocycles. The van der Waals surface area contributed by atoms with Gasteiger partial charge in [0.25, 0.3) is 0 Å². The first-order valence-corrected chi connectivity index (χ1v) is 6.27. The molecule has 6 heteroatoms. The number of hydrogen-bond acceptors (Lipinski definition) is 3. The quantitative estimate of drug-likeness (QED) is 0.633. The van der Waals surface area contributed by atoms with Crippen LogP contribution in [-0.4, -0.2) is 14.5 Å². The molecular formula is C10H11ClN2O2S. The van der Waals surface area contributed by atoms with Gasteiger partial charge in [-0.2, -0.15) is 4.72 Å². The van der Waals surface area contributed by atoms with Gasteiger partial charge in [-0.3, -0.25) is 0 Å². The number of terminal acetylenes is 1. The highest BCUT2D eigenvalue weighted by Crippen LogP contribution is 2.26. The summed E-state index contributed by atoms with van der Waals surface area (Å²) < 4.78 is 26.0. The number of nitrogens with one attached hydrogen (secondary N) is 1. The summed E-state index contributed by atoms with van der Waals surface area (Å²) in [7, 11) is -3.78. The van der Waals surface area contributed by atoms with Crippen LogP contribution in [-0.2, 0) is 10.0 Å². The summed E-state index contributed by atoms with van der Waals surface area (Å²) in [6.07, 6.45) is 5.09. The van der Waals surface area contributed by atoms with Crippen LogP contribution >= 0.6 is 11.6 Å². The number of rotatable bonds is 3.